The Kier molecular flexibility index (Phi) is 10.8. The molecule has 0 aromatic carbocycles. The molecule has 0 bridgehead atoms. The fraction of sp³-hybridized carbons (Fsp3) is 0.800. The number of guanidine groups is 1. The largest absolute Gasteiger partial charge is 0.373 e. The van der Waals surface area contributed by atoms with E-state index < -0.39 is 0 Å². The number of morpholine rings is 1. The molecule has 1 aromatic rings. The summed E-state index contributed by atoms with van der Waals surface area (Å²) in [6, 6.07) is 0.291. The fourth-order valence-electron chi connectivity index (χ4n) is 3.87. The van der Waals surface area contributed by atoms with Gasteiger partial charge in [-0.1, -0.05) is 0 Å². The van der Waals surface area contributed by atoms with Gasteiger partial charge in [0, 0.05) is 52.0 Å². The van der Waals surface area contributed by atoms with Crippen LogP contribution >= 0.6 is 24.0 Å². The van der Waals surface area contributed by atoms with Crippen LogP contribution in [0.3, 0.4) is 0 Å². The molecule has 3 unspecified atom stereocenters. The Morgan fingerprint density at radius 2 is 1.93 bits per heavy atom. The summed E-state index contributed by atoms with van der Waals surface area (Å²) in [5, 5.41) is 11.5. The first kappa shape index (κ1) is 25.2. The van der Waals surface area contributed by atoms with Gasteiger partial charge >= 0.3 is 0 Å². The van der Waals surface area contributed by atoms with Gasteiger partial charge < -0.3 is 15.4 Å². The highest BCUT2D eigenvalue weighted by molar-refractivity contribution is 14.0. The minimum atomic E-state index is 0. The summed E-state index contributed by atoms with van der Waals surface area (Å²) in [7, 11) is 3.83. The second-order valence-corrected chi connectivity index (χ2v) is 7.89. The molecule has 8 heteroatoms. The van der Waals surface area contributed by atoms with E-state index in [0.29, 0.717) is 18.2 Å². The molecule has 162 valence electrons. The Morgan fingerprint density at radius 3 is 2.46 bits per heavy atom. The molecule has 1 aromatic heterocycles. The van der Waals surface area contributed by atoms with Crippen molar-refractivity contribution < 1.29 is 4.74 Å². The van der Waals surface area contributed by atoms with Crippen molar-refractivity contribution in [1.29, 1.82) is 0 Å². The molecule has 2 rings (SSSR count). The molecule has 0 radical (unpaired) electrons. The lowest BCUT2D eigenvalue weighted by atomic mass is 10.1. The fourth-order valence-corrected chi connectivity index (χ4v) is 3.87. The van der Waals surface area contributed by atoms with Gasteiger partial charge in [0.05, 0.1) is 17.9 Å². The van der Waals surface area contributed by atoms with Crippen LogP contribution < -0.4 is 10.6 Å². The molecular weight excluding hydrogens is 467 g/mol. The van der Waals surface area contributed by atoms with Crippen molar-refractivity contribution in [3.8, 4) is 0 Å². The smallest absolute Gasteiger partial charge is 0.191 e. The summed E-state index contributed by atoms with van der Waals surface area (Å²) in [5.74, 6) is 0.866. The van der Waals surface area contributed by atoms with Gasteiger partial charge in [-0.3, -0.25) is 14.6 Å². The minimum absolute atomic E-state index is 0. The average Bonchev–Trinajstić information content (AvgIpc) is 2.83. The Labute approximate surface area is 187 Å². The van der Waals surface area contributed by atoms with E-state index in [4.69, 9.17) is 4.74 Å². The van der Waals surface area contributed by atoms with Crippen molar-refractivity contribution in [2.75, 3.05) is 33.2 Å². The molecule has 7 nitrogen and oxygen atoms in total. The number of aliphatic imine (C=N–C) groups is 1. The van der Waals surface area contributed by atoms with E-state index in [0.717, 1.165) is 50.7 Å². The number of rotatable bonds is 7. The van der Waals surface area contributed by atoms with E-state index in [1.54, 1.807) is 0 Å². The zero-order valence-corrected chi connectivity index (χ0v) is 20.9. The van der Waals surface area contributed by atoms with Crippen LogP contribution in [0.1, 0.15) is 44.1 Å². The van der Waals surface area contributed by atoms with E-state index in [9.17, 15) is 0 Å². The zero-order valence-electron chi connectivity index (χ0n) is 18.6. The quantitative estimate of drug-likeness (QED) is 0.257. The van der Waals surface area contributed by atoms with Crippen molar-refractivity contribution in [2.45, 2.75) is 65.7 Å². The van der Waals surface area contributed by atoms with E-state index in [1.807, 2.05) is 18.8 Å². The number of hydrogen-bond donors (Lipinski definition) is 2. The average molecular weight is 506 g/mol. The van der Waals surface area contributed by atoms with Crippen LogP contribution in [0, 0.1) is 13.8 Å². The minimum Gasteiger partial charge on any atom is -0.373 e. The third kappa shape index (κ3) is 7.51. The van der Waals surface area contributed by atoms with Gasteiger partial charge in [-0.2, -0.15) is 5.10 Å². The van der Waals surface area contributed by atoms with Crippen LogP contribution in [0.4, 0.5) is 0 Å². The molecular formula is C20H39IN6O. The van der Waals surface area contributed by atoms with Crippen LogP contribution in [0.15, 0.2) is 4.99 Å². The monoisotopic (exact) mass is 506 g/mol. The molecule has 0 aliphatic carbocycles. The normalized spacial score (nSPS) is 21.9. The molecule has 1 fully saturated rings. The van der Waals surface area contributed by atoms with Crippen molar-refractivity contribution in [3.05, 3.63) is 17.0 Å². The van der Waals surface area contributed by atoms with Crippen molar-refractivity contribution in [3.63, 3.8) is 0 Å². The summed E-state index contributed by atoms with van der Waals surface area (Å²) < 4.78 is 7.75. The van der Waals surface area contributed by atoms with Crippen LogP contribution in [0.2, 0.25) is 0 Å². The SMILES string of the molecule is CN=C(NCCCN1CC(C)OC(C)C1)NC(C)Cc1c(C)nn(C)c1C.I. The molecule has 2 heterocycles. The second-order valence-electron chi connectivity index (χ2n) is 7.89. The van der Waals surface area contributed by atoms with Crippen molar-refractivity contribution >= 4 is 29.9 Å². The van der Waals surface area contributed by atoms with Gasteiger partial charge in [0.1, 0.15) is 0 Å². The second kappa shape index (κ2) is 12.0. The highest BCUT2D eigenvalue weighted by Crippen LogP contribution is 2.14. The lowest BCUT2D eigenvalue weighted by Gasteiger charge is -2.35. The van der Waals surface area contributed by atoms with E-state index in [1.165, 1.54) is 11.3 Å². The highest BCUT2D eigenvalue weighted by atomic mass is 127. The summed E-state index contributed by atoms with van der Waals surface area (Å²) >= 11 is 0. The molecule has 1 aliphatic heterocycles. The van der Waals surface area contributed by atoms with Crippen LogP contribution in [0.25, 0.3) is 0 Å². The first-order valence-electron chi connectivity index (χ1n) is 10.1. The molecule has 1 saturated heterocycles. The number of aromatic nitrogens is 2. The number of ether oxygens (including phenoxy) is 1. The van der Waals surface area contributed by atoms with Gasteiger partial charge in [0.2, 0.25) is 0 Å². The predicted octanol–water partition coefficient (Wildman–Crippen LogP) is 2.25. The Balaban J connectivity index is 0.00000392. The molecule has 2 N–H and O–H groups in total. The number of hydrogen-bond acceptors (Lipinski definition) is 4. The molecule has 3 atom stereocenters. The predicted molar refractivity (Wildman–Crippen MR) is 127 cm³/mol. The van der Waals surface area contributed by atoms with Crippen molar-refractivity contribution in [2.24, 2.45) is 12.0 Å². The first-order valence-corrected chi connectivity index (χ1v) is 10.1. The standard InChI is InChI=1S/C20H38N6O.HI/c1-14(11-19-17(4)24-25(7)18(19)5)23-20(21-6)22-9-8-10-26-12-15(2)27-16(3)13-26;/h14-16H,8-13H2,1-7H3,(H2,21,22,23);1H. The summed E-state index contributed by atoms with van der Waals surface area (Å²) in [4.78, 5) is 6.86. The van der Waals surface area contributed by atoms with Gasteiger partial charge in [0.25, 0.3) is 0 Å². The maximum atomic E-state index is 5.80. The van der Waals surface area contributed by atoms with Crippen LogP contribution in [-0.4, -0.2) is 72.1 Å². The third-order valence-electron chi connectivity index (χ3n) is 5.21. The lowest BCUT2D eigenvalue weighted by Crippen LogP contribution is -2.47. The Morgan fingerprint density at radius 1 is 1.29 bits per heavy atom. The Bertz CT molecular complexity index is 622. The number of aryl methyl sites for hydroxylation is 2. The van der Waals surface area contributed by atoms with Gasteiger partial charge in [-0.25, -0.2) is 0 Å². The number of halogens is 1. The van der Waals surface area contributed by atoms with Crippen LogP contribution in [0.5, 0.6) is 0 Å². The van der Waals surface area contributed by atoms with E-state index >= 15 is 0 Å². The van der Waals surface area contributed by atoms with E-state index in [2.05, 4.69) is 60.2 Å². The van der Waals surface area contributed by atoms with E-state index in [-0.39, 0.29) is 24.0 Å². The maximum absolute atomic E-state index is 5.80. The number of nitrogens with one attached hydrogen (secondary N) is 2. The molecule has 1 aliphatic rings. The topological polar surface area (TPSA) is 66.7 Å². The first-order chi connectivity index (χ1) is 12.8. The van der Waals surface area contributed by atoms with Gasteiger partial charge in [0.15, 0.2) is 5.96 Å². The molecule has 28 heavy (non-hydrogen) atoms. The van der Waals surface area contributed by atoms with Gasteiger partial charge in [-0.05, 0) is 53.0 Å². The van der Waals surface area contributed by atoms with Crippen LogP contribution in [-0.2, 0) is 18.2 Å². The summed E-state index contributed by atoms with van der Waals surface area (Å²) in [6.45, 7) is 14.8. The molecule has 0 amide bonds. The summed E-state index contributed by atoms with van der Waals surface area (Å²) in [5.41, 5.74) is 3.67. The molecule has 0 spiro atoms. The highest BCUT2D eigenvalue weighted by Gasteiger charge is 2.21. The zero-order chi connectivity index (χ0) is 20.0. The lowest BCUT2D eigenvalue weighted by molar-refractivity contribution is -0.0679. The maximum Gasteiger partial charge on any atom is 0.191 e. The molecule has 0 saturated carbocycles. The van der Waals surface area contributed by atoms with Gasteiger partial charge in [-0.15, -0.1) is 24.0 Å². The Hall–Kier alpha value is -0.870. The third-order valence-corrected chi connectivity index (χ3v) is 5.21. The summed E-state index contributed by atoms with van der Waals surface area (Å²) in [6.07, 6.45) is 2.69. The van der Waals surface area contributed by atoms with Crippen molar-refractivity contribution in [1.82, 2.24) is 25.3 Å². The number of nitrogens with zero attached hydrogens (tertiary/aromatic N) is 4.